The van der Waals surface area contributed by atoms with Gasteiger partial charge in [0, 0.05) is 19.2 Å². The summed E-state index contributed by atoms with van der Waals surface area (Å²) in [5, 5.41) is 9.14. The van der Waals surface area contributed by atoms with Gasteiger partial charge >= 0.3 is 11.9 Å². The first-order chi connectivity index (χ1) is 10.8. The van der Waals surface area contributed by atoms with E-state index >= 15 is 0 Å². The van der Waals surface area contributed by atoms with Crippen molar-refractivity contribution in [2.24, 2.45) is 0 Å². The average molecular weight is 323 g/mol. The average Bonchev–Trinajstić information content (AvgIpc) is 2.84. The Bertz CT molecular complexity index is 554. The summed E-state index contributed by atoms with van der Waals surface area (Å²) in [7, 11) is 0. The number of aromatic amines is 1. The molecule has 1 aromatic heterocycles. The van der Waals surface area contributed by atoms with Crippen LogP contribution in [0.25, 0.3) is 0 Å². The van der Waals surface area contributed by atoms with Gasteiger partial charge < -0.3 is 19.6 Å². The van der Waals surface area contributed by atoms with Crippen LogP contribution < -0.4 is 0 Å². The molecule has 0 aliphatic rings. The molecule has 6 nitrogen and oxygen atoms in total. The number of esters is 2. The number of hydrogen-bond donors (Lipinski definition) is 2. The maximum absolute atomic E-state index is 12.3. The van der Waals surface area contributed by atoms with Crippen LogP contribution in [0.1, 0.15) is 48.8 Å². The molecule has 0 aliphatic carbocycles. The predicted octanol–water partition coefficient (Wildman–Crippen LogP) is 2.17. The Kier molecular flexibility index (Phi) is 7.03. The van der Waals surface area contributed by atoms with Crippen molar-refractivity contribution in [3.05, 3.63) is 35.7 Å². The highest BCUT2D eigenvalue weighted by Gasteiger charge is 2.23. The van der Waals surface area contributed by atoms with Crippen molar-refractivity contribution in [2.45, 2.75) is 45.6 Å². The zero-order valence-corrected chi connectivity index (χ0v) is 14.0. The third kappa shape index (κ3) is 6.28. The SMILES string of the molecule is C=CCOC(=O)CCc1c(CCO)c[nH]c1C(=O)OC(C)(C)C. The first kappa shape index (κ1) is 19.0. The molecule has 2 N–H and O–H groups in total. The number of carbonyl (C=O) groups excluding carboxylic acids is 2. The van der Waals surface area contributed by atoms with Crippen LogP contribution in [0.4, 0.5) is 0 Å². The quantitative estimate of drug-likeness (QED) is 0.565. The monoisotopic (exact) mass is 323 g/mol. The molecule has 0 amide bonds. The summed E-state index contributed by atoms with van der Waals surface area (Å²) in [4.78, 5) is 26.8. The van der Waals surface area contributed by atoms with Gasteiger partial charge in [-0.2, -0.15) is 0 Å². The van der Waals surface area contributed by atoms with Gasteiger partial charge in [-0.25, -0.2) is 4.79 Å². The summed E-state index contributed by atoms with van der Waals surface area (Å²) in [6, 6.07) is 0. The van der Waals surface area contributed by atoms with E-state index in [1.165, 1.54) is 6.08 Å². The Hall–Kier alpha value is -2.08. The Balaban J connectivity index is 2.88. The highest BCUT2D eigenvalue weighted by Crippen LogP contribution is 2.20. The van der Waals surface area contributed by atoms with Gasteiger partial charge in [-0.1, -0.05) is 12.7 Å². The largest absolute Gasteiger partial charge is 0.461 e. The number of ether oxygens (including phenoxy) is 2. The number of carbonyl (C=O) groups is 2. The topological polar surface area (TPSA) is 88.6 Å². The van der Waals surface area contributed by atoms with Crippen LogP contribution in [0.3, 0.4) is 0 Å². The highest BCUT2D eigenvalue weighted by atomic mass is 16.6. The Morgan fingerprint density at radius 1 is 1.35 bits per heavy atom. The van der Waals surface area contributed by atoms with E-state index in [2.05, 4.69) is 11.6 Å². The van der Waals surface area contributed by atoms with Crippen molar-refractivity contribution in [1.82, 2.24) is 4.98 Å². The fraction of sp³-hybridized carbons (Fsp3) is 0.529. The van der Waals surface area contributed by atoms with Gasteiger partial charge in [0.15, 0.2) is 0 Å². The normalized spacial score (nSPS) is 11.1. The second kappa shape index (κ2) is 8.53. The molecule has 0 radical (unpaired) electrons. The second-order valence-corrected chi connectivity index (χ2v) is 6.11. The molecule has 0 unspecified atom stereocenters. The molecule has 0 fully saturated rings. The lowest BCUT2D eigenvalue weighted by atomic mass is 10.0. The number of aromatic nitrogens is 1. The van der Waals surface area contributed by atoms with E-state index < -0.39 is 11.6 Å². The van der Waals surface area contributed by atoms with Gasteiger partial charge in [-0.05, 0) is 44.7 Å². The van der Waals surface area contributed by atoms with Crippen LogP contribution in [0.2, 0.25) is 0 Å². The Morgan fingerprint density at radius 3 is 2.61 bits per heavy atom. The zero-order chi connectivity index (χ0) is 17.5. The minimum atomic E-state index is -0.612. The molecule has 1 rings (SSSR count). The van der Waals surface area contributed by atoms with Crippen LogP contribution >= 0.6 is 0 Å². The molecule has 0 bridgehead atoms. The molecule has 1 aromatic rings. The summed E-state index contributed by atoms with van der Waals surface area (Å²) in [5.74, 6) is -0.840. The van der Waals surface area contributed by atoms with E-state index in [-0.39, 0.29) is 25.6 Å². The van der Waals surface area contributed by atoms with E-state index in [0.717, 1.165) is 5.56 Å². The smallest absolute Gasteiger partial charge is 0.355 e. The van der Waals surface area contributed by atoms with Gasteiger partial charge in [0.05, 0.1) is 0 Å². The fourth-order valence-corrected chi connectivity index (χ4v) is 2.09. The number of aliphatic hydroxyl groups is 1. The van der Waals surface area contributed by atoms with E-state index in [0.29, 0.717) is 24.1 Å². The predicted molar refractivity (Wildman–Crippen MR) is 86.2 cm³/mol. The van der Waals surface area contributed by atoms with Crippen molar-refractivity contribution in [3.63, 3.8) is 0 Å². The van der Waals surface area contributed by atoms with Crippen LogP contribution in [0, 0.1) is 0 Å². The first-order valence-corrected chi connectivity index (χ1v) is 7.58. The van der Waals surface area contributed by atoms with E-state index in [1.54, 1.807) is 27.0 Å². The van der Waals surface area contributed by atoms with Crippen LogP contribution in [0.5, 0.6) is 0 Å². The van der Waals surface area contributed by atoms with E-state index in [1.807, 2.05) is 0 Å². The maximum Gasteiger partial charge on any atom is 0.355 e. The standard InChI is InChI=1S/C17H25NO5/c1-5-10-22-14(20)7-6-13-12(8-9-19)11-18-15(13)16(21)23-17(2,3)4/h5,11,18-19H,1,6-10H2,2-4H3. The summed E-state index contributed by atoms with van der Waals surface area (Å²) in [5.41, 5.74) is 1.19. The molecule has 0 aliphatic heterocycles. The van der Waals surface area contributed by atoms with Crippen molar-refractivity contribution in [1.29, 1.82) is 0 Å². The molecular weight excluding hydrogens is 298 g/mol. The fourth-order valence-electron chi connectivity index (χ4n) is 2.09. The van der Waals surface area contributed by atoms with Crippen LogP contribution in [0.15, 0.2) is 18.9 Å². The van der Waals surface area contributed by atoms with Crippen LogP contribution in [-0.2, 0) is 27.1 Å². The van der Waals surface area contributed by atoms with Crippen molar-refractivity contribution in [3.8, 4) is 0 Å². The summed E-state index contributed by atoms with van der Waals surface area (Å²) < 4.78 is 10.3. The number of nitrogens with one attached hydrogen (secondary N) is 1. The van der Waals surface area contributed by atoms with Crippen molar-refractivity contribution in [2.75, 3.05) is 13.2 Å². The van der Waals surface area contributed by atoms with Crippen molar-refractivity contribution < 1.29 is 24.2 Å². The molecule has 6 heteroatoms. The molecule has 23 heavy (non-hydrogen) atoms. The Morgan fingerprint density at radius 2 is 2.04 bits per heavy atom. The van der Waals surface area contributed by atoms with E-state index in [4.69, 9.17) is 14.6 Å². The van der Waals surface area contributed by atoms with Gasteiger partial charge in [-0.15, -0.1) is 0 Å². The lowest BCUT2D eigenvalue weighted by Gasteiger charge is -2.19. The lowest BCUT2D eigenvalue weighted by molar-refractivity contribution is -0.142. The molecule has 0 atom stereocenters. The minimum Gasteiger partial charge on any atom is -0.461 e. The number of rotatable bonds is 8. The molecule has 128 valence electrons. The van der Waals surface area contributed by atoms with Crippen LogP contribution in [-0.4, -0.2) is 40.8 Å². The number of H-pyrrole nitrogens is 1. The summed E-state index contributed by atoms with van der Waals surface area (Å²) in [6.07, 6.45) is 4.04. The third-order valence-corrected chi connectivity index (χ3v) is 3.01. The van der Waals surface area contributed by atoms with Gasteiger partial charge in [0.25, 0.3) is 0 Å². The molecule has 1 heterocycles. The third-order valence-electron chi connectivity index (χ3n) is 3.01. The lowest BCUT2D eigenvalue weighted by Crippen LogP contribution is -2.25. The summed E-state index contributed by atoms with van der Waals surface area (Å²) >= 11 is 0. The maximum atomic E-state index is 12.3. The first-order valence-electron chi connectivity index (χ1n) is 7.58. The number of aliphatic hydroxyl groups excluding tert-OH is 1. The Labute approximate surface area is 136 Å². The molecule has 0 saturated carbocycles. The van der Waals surface area contributed by atoms with Gasteiger partial charge in [0.2, 0.25) is 0 Å². The summed E-state index contributed by atoms with van der Waals surface area (Å²) in [6.45, 7) is 8.96. The molecular formula is C17H25NO5. The molecule has 0 saturated heterocycles. The number of hydrogen-bond acceptors (Lipinski definition) is 5. The molecule has 0 spiro atoms. The van der Waals surface area contributed by atoms with Crippen molar-refractivity contribution >= 4 is 11.9 Å². The second-order valence-electron chi connectivity index (χ2n) is 6.11. The minimum absolute atomic E-state index is 0.0421. The van der Waals surface area contributed by atoms with E-state index in [9.17, 15) is 9.59 Å². The molecule has 0 aromatic carbocycles. The zero-order valence-electron chi connectivity index (χ0n) is 14.0. The highest BCUT2D eigenvalue weighted by molar-refractivity contribution is 5.90. The van der Waals surface area contributed by atoms with Gasteiger partial charge in [-0.3, -0.25) is 4.79 Å². The van der Waals surface area contributed by atoms with Gasteiger partial charge in [0.1, 0.15) is 17.9 Å².